The van der Waals surface area contributed by atoms with Crippen molar-refractivity contribution in [2.75, 3.05) is 6.54 Å². The van der Waals surface area contributed by atoms with Crippen molar-refractivity contribution in [1.82, 2.24) is 4.90 Å². The number of rotatable bonds is 1. The zero-order chi connectivity index (χ0) is 14.9. The molecule has 0 radical (unpaired) electrons. The van der Waals surface area contributed by atoms with Crippen molar-refractivity contribution in [3.63, 3.8) is 0 Å². The minimum Gasteiger partial charge on any atom is -0.311 e. The smallest absolute Gasteiger partial charge is 0.258 e. The van der Waals surface area contributed by atoms with Gasteiger partial charge in [0, 0.05) is 18.3 Å². The first-order valence-corrected chi connectivity index (χ1v) is 7.39. The zero-order valence-corrected chi connectivity index (χ0v) is 12.1. The highest BCUT2D eigenvalue weighted by Crippen LogP contribution is 2.26. The number of carbonyl (C=O) groups excluding carboxylic acids is 1. The van der Waals surface area contributed by atoms with Crippen LogP contribution in [-0.4, -0.2) is 17.4 Å². The van der Waals surface area contributed by atoms with E-state index in [1.165, 1.54) is 5.39 Å². The Balaban J connectivity index is 1.90. The molecule has 1 aliphatic heterocycles. The molecule has 22 heavy (non-hydrogen) atoms. The molecule has 1 amide bonds. The van der Waals surface area contributed by atoms with Crippen molar-refractivity contribution in [2.24, 2.45) is 0 Å². The fraction of sp³-hybridized carbons (Fsp3) is 0.0500. The predicted molar refractivity (Wildman–Crippen MR) is 90.8 cm³/mol. The summed E-state index contributed by atoms with van der Waals surface area (Å²) in [6.07, 6.45) is 7.67. The molecule has 1 heterocycles. The average molecular weight is 285 g/mol. The minimum absolute atomic E-state index is 0.0430. The molecule has 0 fully saturated rings. The Morgan fingerprint density at radius 3 is 2.41 bits per heavy atom. The standard InChI is InChI=1S/C20H15NO/c22-20(21-11-4-1-5-12-21)18-10-6-9-17-13-15-7-2-3-8-16(15)14-19(17)18/h1-11,13-14H,12H2. The van der Waals surface area contributed by atoms with Crippen LogP contribution in [-0.2, 0) is 0 Å². The molecule has 0 saturated heterocycles. The summed E-state index contributed by atoms with van der Waals surface area (Å²) in [5.74, 6) is 0.0430. The molecule has 0 bridgehead atoms. The van der Waals surface area contributed by atoms with Gasteiger partial charge in [0.1, 0.15) is 0 Å². The van der Waals surface area contributed by atoms with Gasteiger partial charge in [0.25, 0.3) is 5.91 Å². The second kappa shape index (κ2) is 5.15. The first-order chi connectivity index (χ1) is 10.8. The summed E-state index contributed by atoms with van der Waals surface area (Å²) in [6, 6.07) is 18.4. The SMILES string of the molecule is O=C(c1cccc2cc3ccccc3cc12)N1C=CC=CC1. The summed E-state index contributed by atoms with van der Waals surface area (Å²) >= 11 is 0. The highest BCUT2D eigenvalue weighted by atomic mass is 16.2. The Hall–Kier alpha value is -2.87. The molecule has 0 spiro atoms. The Morgan fingerprint density at radius 2 is 1.64 bits per heavy atom. The first kappa shape index (κ1) is 12.8. The van der Waals surface area contributed by atoms with Gasteiger partial charge in [-0.3, -0.25) is 4.79 Å². The van der Waals surface area contributed by atoms with Crippen LogP contribution < -0.4 is 0 Å². The van der Waals surface area contributed by atoms with Gasteiger partial charge in [-0.25, -0.2) is 0 Å². The molecule has 3 aromatic rings. The van der Waals surface area contributed by atoms with Crippen LogP contribution >= 0.6 is 0 Å². The maximum Gasteiger partial charge on any atom is 0.258 e. The lowest BCUT2D eigenvalue weighted by Crippen LogP contribution is -2.27. The van der Waals surface area contributed by atoms with E-state index in [0.717, 1.165) is 21.7 Å². The Labute approximate surface area is 129 Å². The lowest BCUT2D eigenvalue weighted by atomic mass is 9.99. The fourth-order valence-corrected chi connectivity index (χ4v) is 2.93. The highest BCUT2D eigenvalue weighted by Gasteiger charge is 2.16. The van der Waals surface area contributed by atoms with Gasteiger partial charge in [0.15, 0.2) is 0 Å². The van der Waals surface area contributed by atoms with Gasteiger partial charge in [0.05, 0.1) is 0 Å². The maximum atomic E-state index is 12.8. The van der Waals surface area contributed by atoms with Gasteiger partial charge < -0.3 is 4.90 Å². The quantitative estimate of drug-likeness (QED) is 0.602. The van der Waals surface area contributed by atoms with Crippen LogP contribution in [0.3, 0.4) is 0 Å². The Kier molecular flexibility index (Phi) is 3.01. The lowest BCUT2D eigenvalue weighted by Gasteiger charge is -2.19. The summed E-state index contributed by atoms with van der Waals surface area (Å²) in [5, 5.41) is 4.46. The van der Waals surface area contributed by atoms with Gasteiger partial charge in [-0.1, -0.05) is 48.6 Å². The summed E-state index contributed by atoms with van der Waals surface area (Å²) in [4.78, 5) is 14.5. The molecule has 0 atom stereocenters. The second-order valence-electron chi connectivity index (χ2n) is 5.45. The van der Waals surface area contributed by atoms with E-state index in [1.54, 1.807) is 4.90 Å². The topological polar surface area (TPSA) is 20.3 Å². The van der Waals surface area contributed by atoms with Crippen LogP contribution in [0.5, 0.6) is 0 Å². The summed E-state index contributed by atoms with van der Waals surface area (Å²) in [5.41, 5.74) is 0.753. The number of nitrogens with zero attached hydrogens (tertiary/aromatic N) is 1. The van der Waals surface area contributed by atoms with Gasteiger partial charge >= 0.3 is 0 Å². The predicted octanol–water partition coefficient (Wildman–Crippen LogP) is 4.52. The van der Waals surface area contributed by atoms with Crippen LogP contribution in [0, 0.1) is 0 Å². The van der Waals surface area contributed by atoms with Gasteiger partial charge in [0.2, 0.25) is 0 Å². The first-order valence-electron chi connectivity index (χ1n) is 7.39. The van der Waals surface area contributed by atoms with Crippen molar-refractivity contribution in [1.29, 1.82) is 0 Å². The van der Waals surface area contributed by atoms with E-state index in [0.29, 0.717) is 6.54 Å². The van der Waals surface area contributed by atoms with Crippen molar-refractivity contribution in [2.45, 2.75) is 0 Å². The number of benzene rings is 3. The molecular formula is C20H15NO. The summed E-state index contributed by atoms with van der Waals surface area (Å²) in [7, 11) is 0. The minimum atomic E-state index is 0.0430. The van der Waals surface area contributed by atoms with E-state index in [-0.39, 0.29) is 5.91 Å². The highest BCUT2D eigenvalue weighted by molar-refractivity contribution is 6.10. The monoisotopic (exact) mass is 285 g/mol. The van der Waals surface area contributed by atoms with E-state index in [4.69, 9.17) is 0 Å². The van der Waals surface area contributed by atoms with Crippen LogP contribution in [0.4, 0.5) is 0 Å². The molecule has 4 rings (SSSR count). The maximum absolute atomic E-state index is 12.8. The molecule has 2 nitrogen and oxygen atoms in total. The molecular weight excluding hydrogens is 270 g/mol. The Morgan fingerprint density at radius 1 is 0.864 bits per heavy atom. The molecule has 3 aromatic carbocycles. The third-order valence-corrected chi connectivity index (χ3v) is 4.05. The van der Waals surface area contributed by atoms with Crippen molar-refractivity contribution in [3.05, 3.63) is 84.6 Å². The van der Waals surface area contributed by atoms with E-state index in [2.05, 4.69) is 30.3 Å². The van der Waals surface area contributed by atoms with E-state index >= 15 is 0 Å². The normalized spacial score (nSPS) is 13.9. The number of allylic oxidation sites excluding steroid dienone is 2. The van der Waals surface area contributed by atoms with Gasteiger partial charge in [-0.2, -0.15) is 0 Å². The fourth-order valence-electron chi connectivity index (χ4n) is 2.93. The molecule has 0 aromatic heterocycles. The van der Waals surface area contributed by atoms with Gasteiger partial charge in [-0.05, 0) is 45.8 Å². The zero-order valence-electron chi connectivity index (χ0n) is 12.1. The molecule has 2 heteroatoms. The van der Waals surface area contributed by atoms with E-state index in [9.17, 15) is 4.79 Å². The molecule has 0 aliphatic carbocycles. The molecule has 1 aliphatic rings. The van der Waals surface area contributed by atoms with E-state index < -0.39 is 0 Å². The number of amides is 1. The van der Waals surface area contributed by atoms with Crippen molar-refractivity contribution < 1.29 is 4.79 Å². The molecule has 106 valence electrons. The number of fused-ring (bicyclic) bond motifs is 2. The third kappa shape index (κ3) is 2.09. The second-order valence-corrected chi connectivity index (χ2v) is 5.45. The van der Waals surface area contributed by atoms with Crippen LogP contribution in [0.1, 0.15) is 10.4 Å². The Bertz CT molecular complexity index is 937. The molecule has 0 saturated carbocycles. The number of hydrogen-bond acceptors (Lipinski definition) is 1. The van der Waals surface area contributed by atoms with Crippen LogP contribution in [0.2, 0.25) is 0 Å². The van der Waals surface area contributed by atoms with Crippen LogP contribution in [0.25, 0.3) is 21.5 Å². The molecule has 0 N–H and O–H groups in total. The van der Waals surface area contributed by atoms with Crippen molar-refractivity contribution >= 4 is 27.5 Å². The van der Waals surface area contributed by atoms with Gasteiger partial charge in [-0.15, -0.1) is 0 Å². The summed E-state index contributed by atoms with van der Waals surface area (Å²) < 4.78 is 0. The third-order valence-electron chi connectivity index (χ3n) is 4.05. The van der Waals surface area contributed by atoms with E-state index in [1.807, 2.05) is 48.7 Å². The number of hydrogen-bond donors (Lipinski definition) is 0. The van der Waals surface area contributed by atoms with Crippen LogP contribution in [0.15, 0.2) is 79.0 Å². The van der Waals surface area contributed by atoms with Crippen molar-refractivity contribution in [3.8, 4) is 0 Å². The average Bonchev–Trinajstić information content (AvgIpc) is 2.59. The largest absolute Gasteiger partial charge is 0.311 e. The lowest BCUT2D eigenvalue weighted by molar-refractivity contribution is 0.0836. The molecule has 0 unspecified atom stereocenters. The summed E-state index contributed by atoms with van der Waals surface area (Å²) in [6.45, 7) is 0.624. The number of carbonyl (C=O) groups is 1.